The Balaban J connectivity index is 1.90. The lowest BCUT2D eigenvalue weighted by Crippen LogP contribution is -2.41. The lowest BCUT2D eigenvalue weighted by atomic mass is 10.1. The molecule has 2 aromatic carbocycles. The predicted molar refractivity (Wildman–Crippen MR) is 98.7 cm³/mol. The number of nitrogens with one attached hydrogen (secondary N) is 1. The quantitative estimate of drug-likeness (QED) is 0.607. The first-order chi connectivity index (χ1) is 12.9. The molecule has 1 heterocycles. The summed E-state index contributed by atoms with van der Waals surface area (Å²) in [5, 5.41) is 2.83. The van der Waals surface area contributed by atoms with Gasteiger partial charge in [0.2, 0.25) is 0 Å². The second-order valence-electron chi connectivity index (χ2n) is 6.04. The smallest absolute Gasteiger partial charge is 0.328 e. The largest absolute Gasteiger partial charge is 0.491 e. The third-order valence-corrected chi connectivity index (χ3v) is 4.95. The summed E-state index contributed by atoms with van der Waals surface area (Å²) in [6.07, 6.45) is 1.20. The summed E-state index contributed by atoms with van der Waals surface area (Å²) in [5.74, 6) is -0.966. The van der Waals surface area contributed by atoms with Crippen molar-refractivity contribution in [3.8, 4) is 5.75 Å². The number of methoxy groups -OCH3 is 2. The third kappa shape index (κ3) is 3.16. The molecule has 0 spiro atoms. The number of likely N-dealkylation sites (tertiary alicyclic amines) is 1. The molecule has 8 nitrogen and oxygen atoms in total. The van der Waals surface area contributed by atoms with Crippen LogP contribution in [0.4, 0.5) is 11.4 Å². The van der Waals surface area contributed by atoms with Gasteiger partial charge in [0.1, 0.15) is 11.7 Å². The van der Waals surface area contributed by atoms with Crippen LogP contribution in [-0.4, -0.2) is 43.6 Å². The molecule has 1 fully saturated rings. The molecule has 1 saturated heterocycles. The molecule has 2 aromatic rings. The lowest BCUT2D eigenvalue weighted by Gasteiger charge is -2.23. The number of halogens is 1. The Morgan fingerprint density at radius 2 is 1.96 bits per heavy atom. The van der Waals surface area contributed by atoms with Crippen molar-refractivity contribution in [2.75, 3.05) is 26.1 Å². The zero-order valence-electron chi connectivity index (χ0n) is 14.7. The number of esters is 1. The van der Waals surface area contributed by atoms with Gasteiger partial charge in [-0.25, -0.2) is 4.79 Å². The predicted octanol–water partition coefficient (Wildman–Crippen LogP) is 1.47. The van der Waals surface area contributed by atoms with Gasteiger partial charge in [0, 0.05) is 6.54 Å². The monoisotopic (exact) mass is 392 g/mol. The molecule has 0 aromatic heterocycles. The normalized spacial score (nSPS) is 16.4. The van der Waals surface area contributed by atoms with Crippen LogP contribution in [0.1, 0.15) is 23.2 Å². The van der Waals surface area contributed by atoms with Gasteiger partial charge in [0.15, 0.2) is 5.75 Å². The molecule has 0 aliphatic carbocycles. The standard InChI is InChI=1S/C18H17ClN2O6/c1-26-16-13(14(22)15(16)23)20-10-6-3-5-9(12(10)19)17(24)21-8-4-7-11(21)18(25)27-2/h3,5-6,11,20H,4,7-8H2,1-2H3/t11-/m0/s1. The second-order valence-corrected chi connectivity index (χ2v) is 6.42. The molecule has 9 heteroatoms. The van der Waals surface area contributed by atoms with E-state index in [4.69, 9.17) is 21.1 Å². The summed E-state index contributed by atoms with van der Waals surface area (Å²) < 4.78 is 9.64. The van der Waals surface area contributed by atoms with Crippen LogP contribution in [0, 0.1) is 0 Å². The fraction of sp³-hybridized carbons (Fsp3) is 0.333. The fourth-order valence-corrected chi connectivity index (χ4v) is 3.41. The number of ether oxygens (including phenoxy) is 2. The first-order valence-electron chi connectivity index (χ1n) is 8.22. The van der Waals surface area contributed by atoms with Crippen LogP contribution in [0.2, 0.25) is 5.02 Å². The van der Waals surface area contributed by atoms with E-state index in [2.05, 4.69) is 5.32 Å². The van der Waals surface area contributed by atoms with Crippen molar-refractivity contribution >= 4 is 34.9 Å². The molecule has 0 bridgehead atoms. The van der Waals surface area contributed by atoms with Crippen LogP contribution < -0.4 is 20.9 Å². The molecule has 0 saturated carbocycles. The average Bonchev–Trinajstić information content (AvgIpc) is 3.17. The van der Waals surface area contributed by atoms with E-state index >= 15 is 0 Å². The van der Waals surface area contributed by atoms with Gasteiger partial charge in [-0.15, -0.1) is 0 Å². The summed E-state index contributed by atoms with van der Waals surface area (Å²) in [5.41, 5.74) is -0.995. The Labute approximate surface area is 159 Å². The van der Waals surface area contributed by atoms with E-state index in [0.717, 1.165) is 0 Å². The van der Waals surface area contributed by atoms with Crippen LogP contribution in [0.3, 0.4) is 0 Å². The van der Waals surface area contributed by atoms with E-state index in [0.29, 0.717) is 19.4 Å². The zero-order valence-corrected chi connectivity index (χ0v) is 15.5. The molecule has 1 amide bonds. The van der Waals surface area contributed by atoms with Crippen molar-refractivity contribution in [3.05, 3.63) is 49.2 Å². The minimum Gasteiger partial charge on any atom is -0.491 e. The molecular weight excluding hydrogens is 376 g/mol. The maximum Gasteiger partial charge on any atom is 0.328 e. The second kappa shape index (κ2) is 7.40. The van der Waals surface area contributed by atoms with Gasteiger partial charge < -0.3 is 19.7 Å². The molecule has 1 aliphatic rings. The minimum atomic E-state index is -0.721. The number of anilines is 2. The number of nitrogens with zero attached hydrogens (tertiary/aromatic N) is 1. The van der Waals surface area contributed by atoms with Gasteiger partial charge in [-0.2, -0.15) is 0 Å². The Morgan fingerprint density at radius 1 is 1.22 bits per heavy atom. The molecule has 142 valence electrons. The maximum atomic E-state index is 12.9. The summed E-state index contributed by atoms with van der Waals surface area (Å²) in [7, 11) is 2.56. The number of hydrogen-bond acceptors (Lipinski definition) is 7. The van der Waals surface area contributed by atoms with Crippen molar-refractivity contribution in [2.45, 2.75) is 18.9 Å². The van der Waals surface area contributed by atoms with Crippen LogP contribution in [0.15, 0.2) is 27.8 Å². The van der Waals surface area contributed by atoms with Crippen molar-refractivity contribution < 1.29 is 19.1 Å². The van der Waals surface area contributed by atoms with Crippen molar-refractivity contribution in [2.24, 2.45) is 0 Å². The Kier molecular flexibility index (Phi) is 5.18. The van der Waals surface area contributed by atoms with Crippen molar-refractivity contribution in [1.29, 1.82) is 0 Å². The number of carbonyl (C=O) groups is 2. The van der Waals surface area contributed by atoms with Gasteiger partial charge in [0.25, 0.3) is 16.8 Å². The SMILES string of the molecule is COC(=O)[C@@H]1CCCN1C(=O)c1cccc(Nc2c(OC)c(=O)c2=O)c1Cl. The Morgan fingerprint density at radius 3 is 2.63 bits per heavy atom. The average molecular weight is 393 g/mol. The molecule has 3 rings (SSSR count). The minimum absolute atomic E-state index is 0.0115. The third-order valence-electron chi connectivity index (χ3n) is 4.55. The summed E-state index contributed by atoms with van der Waals surface area (Å²) in [4.78, 5) is 49.4. The molecule has 27 heavy (non-hydrogen) atoms. The van der Waals surface area contributed by atoms with Crippen molar-refractivity contribution in [1.82, 2.24) is 4.90 Å². The molecule has 0 radical (unpaired) electrons. The van der Waals surface area contributed by atoms with E-state index in [-0.39, 0.29) is 27.7 Å². The highest BCUT2D eigenvalue weighted by Crippen LogP contribution is 2.32. The van der Waals surface area contributed by atoms with Gasteiger partial charge in [0.05, 0.1) is 30.5 Å². The molecular formula is C18H17ClN2O6. The molecule has 1 atom stereocenters. The van der Waals surface area contributed by atoms with E-state index in [1.165, 1.54) is 25.2 Å². The van der Waals surface area contributed by atoms with Crippen LogP contribution >= 0.6 is 11.6 Å². The first-order valence-corrected chi connectivity index (χ1v) is 8.60. The highest BCUT2D eigenvalue weighted by atomic mass is 35.5. The van der Waals surface area contributed by atoms with E-state index < -0.39 is 28.8 Å². The summed E-state index contributed by atoms with van der Waals surface area (Å²) in [6, 6.07) is 4.03. The van der Waals surface area contributed by atoms with E-state index in [1.54, 1.807) is 12.1 Å². The van der Waals surface area contributed by atoms with Gasteiger partial charge >= 0.3 is 5.97 Å². The number of benzene rings is 1. The Hall–Kier alpha value is -2.87. The lowest BCUT2D eigenvalue weighted by molar-refractivity contribution is -0.145. The number of carbonyl (C=O) groups excluding carboxylic acids is 2. The van der Waals surface area contributed by atoms with Gasteiger partial charge in [-0.3, -0.25) is 14.4 Å². The van der Waals surface area contributed by atoms with Crippen LogP contribution in [0.25, 0.3) is 0 Å². The number of amides is 1. The number of rotatable bonds is 5. The van der Waals surface area contributed by atoms with Gasteiger partial charge in [-0.1, -0.05) is 17.7 Å². The number of hydrogen-bond donors (Lipinski definition) is 1. The molecule has 1 aliphatic heterocycles. The summed E-state index contributed by atoms with van der Waals surface area (Å²) >= 11 is 6.36. The Bertz CT molecular complexity index is 979. The highest BCUT2D eigenvalue weighted by molar-refractivity contribution is 6.36. The molecule has 1 N–H and O–H groups in total. The van der Waals surface area contributed by atoms with E-state index in [9.17, 15) is 19.2 Å². The van der Waals surface area contributed by atoms with Crippen LogP contribution in [0.5, 0.6) is 5.75 Å². The maximum absolute atomic E-state index is 12.9. The zero-order chi connectivity index (χ0) is 19.7. The highest BCUT2D eigenvalue weighted by Gasteiger charge is 2.36. The summed E-state index contributed by atoms with van der Waals surface area (Å²) in [6.45, 7) is 0.415. The molecule has 0 unspecified atom stereocenters. The van der Waals surface area contributed by atoms with E-state index in [1.807, 2.05) is 0 Å². The van der Waals surface area contributed by atoms with Crippen LogP contribution in [-0.2, 0) is 9.53 Å². The first kappa shape index (κ1) is 18.9. The van der Waals surface area contributed by atoms with Gasteiger partial charge in [-0.05, 0) is 25.0 Å². The van der Waals surface area contributed by atoms with Crippen molar-refractivity contribution in [3.63, 3.8) is 0 Å². The fourth-order valence-electron chi connectivity index (χ4n) is 3.15. The topological polar surface area (TPSA) is 102 Å².